The highest BCUT2D eigenvalue weighted by molar-refractivity contribution is 8.18. The van der Waals surface area contributed by atoms with Gasteiger partial charge in [-0.05, 0) is 79.7 Å². The first-order valence-electron chi connectivity index (χ1n) is 10.0. The predicted octanol–water partition coefficient (Wildman–Crippen LogP) is 4.61. The number of phenolic OH excluding ortho intramolecular Hbond substituents is 1. The zero-order chi connectivity index (χ0) is 23.7. The van der Waals surface area contributed by atoms with Crippen molar-refractivity contribution in [2.75, 3.05) is 11.9 Å². The molecule has 33 heavy (non-hydrogen) atoms. The van der Waals surface area contributed by atoms with Crippen molar-refractivity contribution in [1.82, 2.24) is 9.47 Å². The number of anilines is 1. The molecule has 0 atom stereocenters. The molecule has 3 aromatic rings. The van der Waals surface area contributed by atoms with Crippen LogP contribution in [-0.2, 0) is 9.59 Å². The number of thioether (sulfide) groups is 1. The summed E-state index contributed by atoms with van der Waals surface area (Å²) in [5, 5.41) is 11.3. The van der Waals surface area contributed by atoms with Gasteiger partial charge in [0.25, 0.3) is 11.1 Å². The van der Waals surface area contributed by atoms with Crippen LogP contribution in [0.1, 0.15) is 17.0 Å². The normalized spacial score (nSPS) is 14.9. The van der Waals surface area contributed by atoms with Crippen LogP contribution >= 0.6 is 11.8 Å². The number of aryl methyl sites for hydroxylation is 1. The van der Waals surface area contributed by atoms with E-state index in [0.717, 1.165) is 39.3 Å². The molecule has 2 N–H and O–H groups in total. The van der Waals surface area contributed by atoms with Crippen LogP contribution in [0.25, 0.3) is 11.8 Å². The third kappa shape index (κ3) is 4.54. The zero-order valence-corrected chi connectivity index (χ0v) is 18.6. The summed E-state index contributed by atoms with van der Waals surface area (Å²) in [6.07, 6.45) is 1.62. The number of imide groups is 1. The second kappa shape index (κ2) is 8.95. The maximum Gasteiger partial charge on any atom is 0.294 e. The first-order chi connectivity index (χ1) is 15.7. The Labute approximate surface area is 193 Å². The summed E-state index contributed by atoms with van der Waals surface area (Å²) in [5.41, 5.74) is 3.34. The molecule has 0 radical (unpaired) electrons. The van der Waals surface area contributed by atoms with Crippen molar-refractivity contribution in [2.45, 2.75) is 13.8 Å². The van der Waals surface area contributed by atoms with Crippen LogP contribution in [0.4, 0.5) is 14.9 Å². The Kier molecular flexibility index (Phi) is 6.06. The molecule has 1 aliphatic heterocycles. The average Bonchev–Trinajstić information content (AvgIpc) is 3.20. The van der Waals surface area contributed by atoms with E-state index in [9.17, 15) is 23.9 Å². The third-order valence-electron chi connectivity index (χ3n) is 5.19. The number of carbonyl (C=O) groups excluding carboxylic acids is 3. The van der Waals surface area contributed by atoms with Crippen LogP contribution in [-0.4, -0.2) is 38.2 Å². The Morgan fingerprint density at radius 1 is 1.12 bits per heavy atom. The molecule has 168 valence electrons. The highest BCUT2D eigenvalue weighted by Gasteiger charge is 2.36. The molecule has 7 nitrogen and oxygen atoms in total. The van der Waals surface area contributed by atoms with E-state index >= 15 is 0 Å². The van der Waals surface area contributed by atoms with Crippen LogP contribution in [0.2, 0.25) is 0 Å². The Bertz CT molecular complexity index is 1300. The number of amides is 3. The number of benzene rings is 2. The number of carbonyl (C=O) groups is 3. The van der Waals surface area contributed by atoms with Crippen molar-refractivity contribution in [3.8, 4) is 11.4 Å². The molecule has 2 heterocycles. The van der Waals surface area contributed by atoms with Crippen LogP contribution in [0.3, 0.4) is 0 Å². The van der Waals surface area contributed by atoms with Gasteiger partial charge in [0, 0.05) is 17.1 Å². The number of hydrogen-bond donors (Lipinski definition) is 2. The predicted molar refractivity (Wildman–Crippen MR) is 125 cm³/mol. The number of rotatable bonds is 5. The number of para-hydroxylation sites is 1. The van der Waals surface area contributed by atoms with E-state index < -0.39 is 29.4 Å². The molecule has 2 aromatic carbocycles. The number of phenols is 1. The van der Waals surface area contributed by atoms with E-state index in [4.69, 9.17) is 0 Å². The number of hydrogen-bond acceptors (Lipinski definition) is 5. The molecule has 0 bridgehead atoms. The first-order valence-corrected chi connectivity index (χ1v) is 10.8. The van der Waals surface area contributed by atoms with Gasteiger partial charge in [0.15, 0.2) is 0 Å². The number of aromatic nitrogens is 1. The van der Waals surface area contributed by atoms with Gasteiger partial charge in [-0.1, -0.05) is 12.1 Å². The molecular weight excluding hydrogens is 445 g/mol. The standard InChI is InChI=1S/C24H20FN3O4S/c1-14-11-16(15(2)28(14)17-7-9-18(29)10-8-17)12-21-23(31)27(24(32)33-21)13-22(30)26-20-6-4-3-5-19(20)25/h3-12,29H,13H2,1-2H3,(H,26,30). The lowest BCUT2D eigenvalue weighted by atomic mass is 10.2. The summed E-state index contributed by atoms with van der Waals surface area (Å²) >= 11 is 0.752. The molecular formula is C24H20FN3O4S. The molecule has 4 rings (SSSR count). The zero-order valence-electron chi connectivity index (χ0n) is 17.8. The molecule has 1 aromatic heterocycles. The minimum absolute atomic E-state index is 0.0216. The number of nitrogens with one attached hydrogen (secondary N) is 1. The minimum Gasteiger partial charge on any atom is -0.508 e. The summed E-state index contributed by atoms with van der Waals surface area (Å²) in [5.74, 6) is -1.70. The van der Waals surface area contributed by atoms with E-state index in [2.05, 4.69) is 5.32 Å². The second-order valence-electron chi connectivity index (χ2n) is 7.47. The van der Waals surface area contributed by atoms with Gasteiger partial charge in [-0.15, -0.1) is 0 Å². The van der Waals surface area contributed by atoms with E-state index in [0.29, 0.717) is 0 Å². The lowest BCUT2D eigenvalue weighted by Crippen LogP contribution is -2.36. The average molecular weight is 466 g/mol. The van der Waals surface area contributed by atoms with Crippen LogP contribution in [0.5, 0.6) is 5.75 Å². The maximum absolute atomic E-state index is 13.7. The van der Waals surface area contributed by atoms with Crippen LogP contribution in [0.15, 0.2) is 59.5 Å². The number of aromatic hydroxyl groups is 1. The van der Waals surface area contributed by atoms with Crippen molar-refractivity contribution < 1.29 is 23.9 Å². The molecule has 0 spiro atoms. The molecule has 3 amide bonds. The van der Waals surface area contributed by atoms with Gasteiger partial charge < -0.3 is 15.0 Å². The third-order valence-corrected chi connectivity index (χ3v) is 6.10. The lowest BCUT2D eigenvalue weighted by molar-refractivity contribution is -0.127. The molecule has 1 saturated heterocycles. The highest BCUT2D eigenvalue weighted by atomic mass is 32.2. The monoisotopic (exact) mass is 465 g/mol. The van der Waals surface area contributed by atoms with E-state index in [1.807, 2.05) is 24.5 Å². The van der Waals surface area contributed by atoms with Crippen molar-refractivity contribution >= 4 is 40.6 Å². The van der Waals surface area contributed by atoms with Crippen LogP contribution in [0, 0.1) is 19.7 Å². The van der Waals surface area contributed by atoms with E-state index in [-0.39, 0.29) is 16.3 Å². The fourth-order valence-electron chi connectivity index (χ4n) is 3.61. The second-order valence-corrected chi connectivity index (χ2v) is 8.47. The summed E-state index contributed by atoms with van der Waals surface area (Å²) in [6, 6.07) is 14.3. The van der Waals surface area contributed by atoms with Crippen LogP contribution < -0.4 is 5.32 Å². The number of halogens is 1. The molecule has 1 fully saturated rings. The van der Waals surface area contributed by atoms with Gasteiger partial charge in [-0.25, -0.2) is 4.39 Å². The molecule has 1 aliphatic rings. The maximum atomic E-state index is 13.7. The Balaban J connectivity index is 1.53. The molecule has 0 aliphatic carbocycles. The largest absolute Gasteiger partial charge is 0.508 e. The lowest BCUT2D eigenvalue weighted by Gasteiger charge is -2.12. The summed E-state index contributed by atoms with van der Waals surface area (Å²) in [7, 11) is 0. The van der Waals surface area contributed by atoms with Gasteiger partial charge in [-0.2, -0.15) is 0 Å². The van der Waals surface area contributed by atoms with Crippen molar-refractivity contribution in [3.63, 3.8) is 0 Å². The van der Waals surface area contributed by atoms with Gasteiger partial charge in [0.05, 0.1) is 10.6 Å². The fourth-order valence-corrected chi connectivity index (χ4v) is 4.44. The van der Waals surface area contributed by atoms with Gasteiger partial charge in [0.2, 0.25) is 5.91 Å². The molecule has 9 heteroatoms. The van der Waals surface area contributed by atoms with Crippen molar-refractivity contribution in [2.24, 2.45) is 0 Å². The fraction of sp³-hybridized carbons (Fsp3) is 0.125. The van der Waals surface area contributed by atoms with E-state index in [1.165, 1.54) is 18.2 Å². The Morgan fingerprint density at radius 3 is 2.52 bits per heavy atom. The van der Waals surface area contributed by atoms with Gasteiger partial charge >= 0.3 is 0 Å². The summed E-state index contributed by atoms with van der Waals surface area (Å²) in [6.45, 7) is 3.29. The summed E-state index contributed by atoms with van der Waals surface area (Å²) < 4.78 is 15.7. The SMILES string of the molecule is Cc1cc(C=C2SC(=O)N(CC(=O)Nc3ccccc3F)C2=O)c(C)n1-c1ccc(O)cc1. The van der Waals surface area contributed by atoms with Crippen molar-refractivity contribution in [1.29, 1.82) is 0 Å². The highest BCUT2D eigenvalue weighted by Crippen LogP contribution is 2.34. The molecule has 0 unspecified atom stereocenters. The Hall–Kier alpha value is -3.85. The van der Waals surface area contributed by atoms with Gasteiger partial charge in [-0.3, -0.25) is 19.3 Å². The van der Waals surface area contributed by atoms with Crippen molar-refractivity contribution in [3.05, 3.63) is 82.3 Å². The quantitative estimate of drug-likeness (QED) is 0.537. The Morgan fingerprint density at radius 2 is 1.82 bits per heavy atom. The topological polar surface area (TPSA) is 91.6 Å². The minimum atomic E-state index is -0.672. The smallest absolute Gasteiger partial charge is 0.294 e. The first kappa shape index (κ1) is 22.3. The van der Waals surface area contributed by atoms with E-state index in [1.54, 1.807) is 36.4 Å². The number of nitrogens with zero attached hydrogens (tertiary/aromatic N) is 2. The van der Waals surface area contributed by atoms with Gasteiger partial charge in [0.1, 0.15) is 18.1 Å². The summed E-state index contributed by atoms with van der Waals surface area (Å²) in [4.78, 5) is 38.5. The molecule has 0 saturated carbocycles.